The van der Waals surface area contributed by atoms with Crippen LogP contribution in [0, 0.1) is 10.1 Å². The number of nitrogen functional groups attached to an aromatic ring is 1. The molecule has 6 nitrogen and oxygen atoms in total. The van der Waals surface area contributed by atoms with Crippen LogP contribution in [0.3, 0.4) is 0 Å². The fraction of sp³-hybridized carbons (Fsp3) is 0.211. The Morgan fingerprint density at radius 2 is 2.04 bits per heavy atom. The Kier molecular flexibility index (Phi) is 6.36. The molecule has 2 aromatic carbocycles. The average Bonchev–Trinajstić information content (AvgIpc) is 3.15. The third-order valence-electron chi connectivity index (χ3n) is 4.14. The number of benzene rings is 2. The minimum absolute atomic E-state index is 0.0564. The number of nitrogens with zero attached hydrogens (tertiary/aromatic N) is 3. The van der Waals surface area contributed by atoms with Crippen LogP contribution in [0.15, 0.2) is 66.1 Å². The SMILES string of the molecule is Nc1ccc(SC(CCc2ccc(Cl)cc2)Cn2ccnc2)cc1[N+](=O)[O-]. The Morgan fingerprint density at radius 1 is 1.26 bits per heavy atom. The quantitative estimate of drug-likeness (QED) is 0.252. The molecule has 0 amide bonds. The summed E-state index contributed by atoms with van der Waals surface area (Å²) in [5.41, 5.74) is 7.03. The van der Waals surface area contributed by atoms with Crippen molar-refractivity contribution in [2.24, 2.45) is 0 Å². The summed E-state index contributed by atoms with van der Waals surface area (Å²) in [6.07, 6.45) is 7.24. The smallest absolute Gasteiger partial charge is 0.293 e. The predicted molar refractivity (Wildman–Crippen MR) is 109 cm³/mol. The molecular weight excluding hydrogens is 384 g/mol. The minimum Gasteiger partial charge on any atom is -0.393 e. The normalized spacial score (nSPS) is 12.0. The van der Waals surface area contributed by atoms with Gasteiger partial charge in [-0.2, -0.15) is 0 Å². The second-order valence-corrected chi connectivity index (χ2v) is 7.95. The molecule has 0 fully saturated rings. The summed E-state index contributed by atoms with van der Waals surface area (Å²) in [6, 6.07) is 12.8. The van der Waals surface area contributed by atoms with Gasteiger partial charge in [-0.25, -0.2) is 4.98 Å². The lowest BCUT2D eigenvalue weighted by Crippen LogP contribution is -2.13. The van der Waals surface area contributed by atoms with Crippen LogP contribution < -0.4 is 5.73 Å². The van der Waals surface area contributed by atoms with E-state index in [-0.39, 0.29) is 16.6 Å². The standard InChI is InChI=1S/C19H19ClN4O2S/c20-15-4-1-14(2-5-15)3-6-17(12-23-10-9-22-13-23)27-16-7-8-18(21)19(11-16)24(25)26/h1-2,4-5,7-11,13,17H,3,6,12,21H2. The first kappa shape index (κ1) is 19.3. The van der Waals surface area contributed by atoms with Gasteiger partial charge in [-0.05, 0) is 42.7 Å². The third kappa shape index (κ3) is 5.48. The zero-order valence-electron chi connectivity index (χ0n) is 14.5. The highest BCUT2D eigenvalue weighted by Crippen LogP contribution is 2.33. The molecule has 1 heterocycles. The van der Waals surface area contributed by atoms with Gasteiger partial charge in [0, 0.05) is 40.2 Å². The zero-order valence-corrected chi connectivity index (χ0v) is 16.1. The van der Waals surface area contributed by atoms with E-state index < -0.39 is 4.92 Å². The Balaban J connectivity index is 1.74. The number of rotatable bonds is 8. The van der Waals surface area contributed by atoms with Crippen LogP contribution >= 0.6 is 23.4 Å². The summed E-state index contributed by atoms with van der Waals surface area (Å²) in [6.45, 7) is 0.760. The van der Waals surface area contributed by atoms with Crippen LogP contribution in [0.1, 0.15) is 12.0 Å². The monoisotopic (exact) mass is 402 g/mol. The van der Waals surface area contributed by atoms with Crippen molar-refractivity contribution in [3.8, 4) is 0 Å². The summed E-state index contributed by atoms with van der Waals surface area (Å²) >= 11 is 7.56. The first-order valence-corrected chi connectivity index (χ1v) is 9.68. The van der Waals surface area contributed by atoms with Crippen molar-refractivity contribution in [2.75, 3.05) is 5.73 Å². The molecule has 27 heavy (non-hydrogen) atoms. The van der Waals surface area contributed by atoms with Crippen molar-refractivity contribution in [3.63, 3.8) is 0 Å². The van der Waals surface area contributed by atoms with E-state index in [2.05, 4.69) is 4.98 Å². The van der Waals surface area contributed by atoms with Gasteiger partial charge < -0.3 is 10.3 Å². The van der Waals surface area contributed by atoms with Crippen LogP contribution in [-0.2, 0) is 13.0 Å². The van der Waals surface area contributed by atoms with Gasteiger partial charge in [0.1, 0.15) is 5.69 Å². The van der Waals surface area contributed by atoms with Crippen molar-refractivity contribution in [1.29, 1.82) is 0 Å². The summed E-state index contributed by atoms with van der Waals surface area (Å²) in [5.74, 6) is 0. The van der Waals surface area contributed by atoms with Gasteiger partial charge in [-0.3, -0.25) is 10.1 Å². The number of halogens is 1. The number of nitro benzene ring substituents is 1. The molecule has 140 valence electrons. The number of imidazole rings is 1. The Hall–Kier alpha value is -2.51. The molecule has 2 N–H and O–H groups in total. The summed E-state index contributed by atoms with van der Waals surface area (Å²) in [7, 11) is 0. The summed E-state index contributed by atoms with van der Waals surface area (Å²) in [4.78, 5) is 15.6. The van der Waals surface area contributed by atoms with Crippen molar-refractivity contribution >= 4 is 34.7 Å². The van der Waals surface area contributed by atoms with Gasteiger partial charge >= 0.3 is 0 Å². The van der Waals surface area contributed by atoms with Gasteiger partial charge in [-0.15, -0.1) is 11.8 Å². The average molecular weight is 403 g/mol. The molecule has 0 aliphatic rings. The lowest BCUT2D eigenvalue weighted by molar-refractivity contribution is -0.384. The van der Waals surface area contributed by atoms with Gasteiger partial charge in [0.05, 0.1) is 11.3 Å². The largest absolute Gasteiger partial charge is 0.393 e. The zero-order chi connectivity index (χ0) is 19.2. The predicted octanol–water partition coefficient (Wildman–Crippen LogP) is 4.82. The van der Waals surface area contributed by atoms with Crippen LogP contribution in [0.2, 0.25) is 5.02 Å². The molecule has 3 rings (SSSR count). The van der Waals surface area contributed by atoms with Gasteiger partial charge in [0.25, 0.3) is 5.69 Å². The Bertz CT molecular complexity index is 901. The van der Waals surface area contributed by atoms with Crippen molar-refractivity contribution in [3.05, 3.63) is 81.9 Å². The molecule has 0 bridgehead atoms. The summed E-state index contributed by atoms with van der Waals surface area (Å²) < 4.78 is 2.02. The molecule has 0 spiro atoms. The molecule has 0 saturated carbocycles. The topological polar surface area (TPSA) is 87.0 Å². The van der Waals surface area contributed by atoms with Crippen molar-refractivity contribution in [1.82, 2.24) is 9.55 Å². The maximum Gasteiger partial charge on any atom is 0.293 e. The van der Waals surface area contributed by atoms with E-state index in [9.17, 15) is 10.1 Å². The second-order valence-electron chi connectivity index (χ2n) is 6.14. The van der Waals surface area contributed by atoms with Crippen LogP contribution in [-0.4, -0.2) is 19.7 Å². The molecule has 0 aliphatic heterocycles. The molecular formula is C19H19ClN4O2S. The van der Waals surface area contributed by atoms with Gasteiger partial charge in [0.15, 0.2) is 0 Å². The number of nitro groups is 1. The van der Waals surface area contributed by atoms with Crippen molar-refractivity contribution < 1.29 is 4.92 Å². The van der Waals surface area contributed by atoms with E-state index in [4.69, 9.17) is 17.3 Å². The second kappa shape index (κ2) is 8.92. The molecule has 1 aromatic heterocycles. The number of hydrogen-bond acceptors (Lipinski definition) is 5. The third-order valence-corrected chi connectivity index (χ3v) is 5.64. The van der Waals surface area contributed by atoms with E-state index in [1.54, 1.807) is 36.4 Å². The van der Waals surface area contributed by atoms with E-state index in [1.807, 2.05) is 41.1 Å². The van der Waals surface area contributed by atoms with Crippen LogP contribution in [0.4, 0.5) is 11.4 Å². The Labute approximate surface area is 166 Å². The fourth-order valence-electron chi connectivity index (χ4n) is 2.74. The summed E-state index contributed by atoms with van der Waals surface area (Å²) in [5, 5.41) is 12.1. The minimum atomic E-state index is -0.446. The maximum atomic E-state index is 11.1. The number of aryl methyl sites for hydroxylation is 1. The number of anilines is 1. The first-order chi connectivity index (χ1) is 13.0. The van der Waals surface area contributed by atoms with E-state index in [1.165, 1.54) is 5.56 Å². The fourth-order valence-corrected chi connectivity index (χ4v) is 4.06. The molecule has 1 atom stereocenters. The number of thioether (sulfide) groups is 1. The van der Waals surface area contributed by atoms with Crippen molar-refractivity contribution in [2.45, 2.75) is 29.5 Å². The Morgan fingerprint density at radius 3 is 2.70 bits per heavy atom. The lowest BCUT2D eigenvalue weighted by Gasteiger charge is -2.17. The van der Waals surface area contributed by atoms with E-state index >= 15 is 0 Å². The van der Waals surface area contributed by atoms with E-state index in [0.717, 1.165) is 29.3 Å². The highest BCUT2D eigenvalue weighted by atomic mass is 35.5. The molecule has 0 radical (unpaired) electrons. The molecule has 0 saturated heterocycles. The van der Waals surface area contributed by atoms with E-state index in [0.29, 0.717) is 0 Å². The highest BCUT2D eigenvalue weighted by molar-refractivity contribution is 8.00. The van der Waals surface area contributed by atoms with Gasteiger partial charge in [0.2, 0.25) is 0 Å². The number of aromatic nitrogens is 2. The lowest BCUT2D eigenvalue weighted by atomic mass is 10.1. The number of hydrogen-bond donors (Lipinski definition) is 1. The molecule has 3 aromatic rings. The maximum absolute atomic E-state index is 11.1. The van der Waals surface area contributed by atoms with Gasteiger partial charge in [-0.1, -0.05) is 23.7 Å². The number of nitrogens with two attached hydrogens (primary N) is 1. The molecule has 8 heteroatoms. The molecule has 0 aliphatic carbocycles. The van der Waals surface area contributed by atoms with Crippen LogP contribution in [0.5, 0.6) is 0 Å². The first-order valence-electron chi connectivity index (χ1n) is 8.42. The van der Waals surface area contributed by atoms with Crippen LogP contribution in [0.25, 0.3) is 0 Å². The molecule has 1 unspecified atom stereocenters. The highest BCUT2D eigenvalue weighted by Gasteiger charge is 2.16.